The van der Waals surface area contributed by atoms with Gasteiger partial charge >= 0.3 is 0 Å². The number of nitrogens with zero attached hydrogens (tertiary/aromatic N) is 2. The van der Waals surface area contributed by atoms with Gasteiger partial charge in [-0.1, -0.05) is 0 Å². The minimum absolute atomic E-state index is 0.0398. The van der Waals surface area contributed by atoms with Crippen molar-refractivity contribution in [1.29, 1.82) is 0 Å². The molecule has 2 N–H and O–H groups in total. The Morgan fingerprint density at radius 1 is 1.18 bits per heavy atom. The van der Waals surface area contributed by atoms with Crippen LogP contribution in [-0.4, -0.2) is 62.9 Å². The molecule has 10 heteroatoms. The maximum Gasteiger partial charge on any atom is 0.272 e. The summed E-state index contributed by atoms with van der Waals surface area (Å²) in [7, 11) is -2.01. The van der Waals surface area contributed by atoms with Gasteiger partial charge in [0.2, 0.25) is 15.9 Å². The molecule has 9 nitrogen and oxygen atoms in total. The van der Waals surface area contributed by atoms with E-state index in [1.807, 2.05) is 0 Å². The average Bonchev–Trinajstić information content (AvgIpc) is 3.20. The van der Waals surface area contributed by atoms with Crippen molar-refractivity contribution >= 4 is 33.2 Å². The fraction of sp³-hybridized carbons (Fsp3) is 0.333. The van der Waals surface area contributed by atoms with Crippen molar-refractivity contribution in [2.45, 2.75) is 11.8 Å². The van der Waals surface area contributed by atoms with E-state index in [9.17, 15) is 18.0 Å². The van der Waals surface area contributed by atoms with Gasteiger partial charge in [0.15, 0.2) is 0 Å². The summed E-state index contributed by atoms with van der Waals surface area (Å²) < 4.78 is 31.8. The number of rotatable bonds is 5. The van der Waals surface area contributed by atoms with Gasteiger partial charge < -0.3 is 19.9 Å². The number of ether oxygens (including phenoxy) is 1. The molecule has 1 fully saturated rings. The number of hydrogen-bond donors (Lipinski definition) is 2. The van der Waals surface area contributed by atoms with Crippen molar-refractivity contribution < 1.29 is 22.7 Å². The lowest BCUT2D eigenvalue weighted by molar-refractivity contribution is -0.116. The molecule has 1 aromatic heterocycles. The Hall–Kier alpha value is -2.69. The standard InChI is InChI=1S/C18H22N4O5S/c1-13(23)21(2)15-5-3-14(4-6-15)20-18(24)17-11-16(12-19-17)28(25,26)22-7-9-27-10-8-22/h3-6,11-12,19H,7-10H2,1-2H3,(H,20,24). The summed E-state index contributed by atoms with van der Waals surface area (Å²) >= 11 is 0. The number of carbonyl (C=O) groups is 2. The van der Waals surface area contributed by atoms with Crippen LogP contribution in [-0.2, 0) is 19.6 Å². The highest BCUT2D eigenvalue weighted by Crippen LogP contribution is 2.20. The van der Waals surface area contributed by atoms with Crippen LogP contribution in [0, 0.1) is 0 Å². The molecule has 0 aliphatic carbocycles. The van der Waals surface area contributed by atoms with Gasteiger partial charge in [0.25, 0.3) is 5.91 Å². The Bertz CT molecular complexity index is 962. The molecular formula is C18H22N4O5S. The van der Waals surface area contributed by atoms with Crippen molar-refractivity contribution in [2.75, 3.05) is 43.6 Å². The van der Waals surface area contributed by atoms with Crippen molar-refractivity contribution in [3.8, 4) is 0 Å². The van der Waals surface area contributed by atoms with Gasteiger partial charge in [0.1, 0.15) is 10.6 Å². The predicted molar refractivity (Wildman–Crippen MR) is 104 cm³/mol. The number of benzene rings is 1. The molecule has 0 spiro atoms. The smallest absolute Gasteiger partial charge is 0.272 e. The van der Waals surface area contributed by atoms with Crippen LogP contribution in [0.2, 0.25) is 0 Å². The normalized spacial score (nSPS) is 15.2. The van der Waals surface area contributed by atoms with Gasteiger partial charge in [-0.2, -0.15) is 4.31 Å². The molecule has 2 amide bonds. The lowest BCUT2D eigenvalue weighted by atomic mass is 10.2. The third-order valence-corrected chi connectivity index (χ3v) is 6.37. The van der Waals surface area contributed by atoms with Gasteiger partial charge in [-0.05, 0) is 30.3 Å². The molecule has 0 bridgehead atoms. The molecule has 2 heterocycles. The second-order valence-corrected chi connectivity index (χ2v) is 8.28. The quantitative estimate of drug-likeness (QED) is 0.777. The predicted octanol–water partition coefficient (Wildman–Crippen LogP) is 1.27. The second-order valence-electron chi connectivity index (χ2n) is 6.34. The van der Waals surface area contributed by atoms with Gasteiger partial charge in [0, 0.05) is 44.6 Å². The van der Waals surface area contributed by atoms with E-state index in [0.29, 0.717) is 24.6 Å². The maximum absolute atomic E-state index is 12.6. The summed E-state index contributed by atoms with van der Waals surface area (Å²) in [5.41, 5.74) is 1.36. The number of sulfonamides is 1. The van der Waals surface area contributed by atoms with Crippen LogP contribution < -0.4 is 10.2 Å². The van der Waals surface area contributed by atoms with E-state index >= 15 is 0 Å². The molecule has 1 aromatic carbocycles. The van der Waals surface area contributed by atoms with Crippen molar-refractivity contribution in [3.05, 3.63) is 42.2 Å². The van der Waals surface area contributed by atoms with Crippen LogP contribution in [0.15, 0.2) is 41.4 Å². The number of aromatic nitrogens is 1. The average molecular weight is 406 g/mol. The zero-order valence-corrected chi connectivity index (χ0v) is 16.5. The molecule has 0 saturated carbocycles. The van der Waals surface area contributed by atoms with Gasteiger partial charge in [0.05, 0.1) is 13.2 Å². The number of morpholine rings is 1. The maximum atomic E-state index is 12.6. The molecule has 3 rings (SSSR count). The van der Waals surface area contributed by atoms with Crippen LogP contribution in [0.3, 0.4) is 0 Å². The van der Waals surface area contributed by atoms with E-state index in [1.54, 1.807) is 31.3 Å². The topological polar surface area (TPSA) is 112 Å². The van der Waals surface area contributed by atoms with E-state index in [1.165, 1.54) is 28.4 Å². The molecule has 150 valence electrons. The Morgan fingerprint density at radius 2 is 1.82 bits per heavy atom. The highest BCUT2D eigenvalue weighted by molar-refractivity contribution is 7.89. The highest BCUT2D eigenvalue weighted by atomic mass is 32.2. The first-order valence-corrected chi connectivity index (χ1v) is 10.1. The summed E-state index contributed by atoms with van der Waals surface area (Å²) in [6.45, 7) is 2.74. The number of nitrogens with one attached hydrogen (secondary N) is 2. The van der Waals surface area contributed by atoms with Crippen LogP contribution >= 0.6 is 0 Å². The molecule has 1 aliphatic rings. The first-order valence-electron chi connectivity index (χ1n) is 8.71. The van der Waals surface area contributed by atoms with E-state index in [2.05, 4.69) is 10.3 Å². The molecule has 1 aliphatic heterocycles. The highest BCUT2D eigenvalue weighted by Gasteiger charge is 2.28. The van der Waals surface area contributed by atoms with Gasteiger partial charge in [-0.15, -0.1) is 0 Å². The Kier molecular flexibility index (Phi) is 5.82. The van der Waals surface area contributed by atoms with Crippen LogP contribution in [0.1, 0.15) is 17.4 Å². The number of H-pyrrole nitrogens is 1. The molecule has 0 radical (unpaired) electrons. The van der Waals surface area contributed by atoms with Crippen LogP contribution in [0.4, 0.5) is 11.4 Å². The number of carbonyl (C=O) groups excluding carboxylic acids is 2. The second kappa shape index (κ2) is 8.13. The summed E-state index contributed by atoms with van der Waals surface area (Å²) in [5.74, 6) is -0.562. The molecule has 2 aromatic rings. The fourth-order valence-electron chi connectivity index (χ4n) is 2.74. The van der Waals surface area contributed by atoms with E-state index in [0.717, 1.165) is 0 Å². The van der Waals surface area contributed by atoms with Crippen LogP contribution in [0.25, 0.3) is 0 Å². The molecule has 1 saturated heterocycles. The minimum atomic E-state index is -3.67. The summed E-state index contributed by atoms with van der Waals surface area (Å²) in [6, 6.07) is 8.07. The van der Waals surface area contributed by atoms with Crippen molar-refractivity contribution in [2.24, 2.45) is 0 Å². The summed E-state index contributed by atoms with van der Waals surface area (Å²) in [5, 5.41) is 2.70. The lowest BCUT2D eigenvalue weighted by Gasteiger charge is -2.25. The number of amides is 2. The fourth-order valence-corrected chi connectivity index (χ4v) is 4.14. The lowest BCUT2D eigenvalue weighted by Crippen LogP contribution is -2.40. The SMILES string of the molecule is CC(=O)N(C)c1ccc(NC(=O)c2cc(S(=O)(=O)N3CCOCC3)c[nH]2)cc1. The molecular weight excluding hydrogens is 384 g/mol. The number of aromatic amines is 1. The third-order valence-electron chi connectivity index (χ3n) is 4.49. The van der Waals surface area contributed by atoms with E-state index in [-0.39, 0.29) is 29.6 Å². The summed E-state index contributed by atoms with van der Waals surface area (Å²) in [4.78, 5) is 28.0. The zero-order valence-electron chi connectivity index (χ0n) is 15.6. The first-order chi connectivity index (χ1) is 13.3. The molecule has 0 atom stereocenters. The monoisotopic (exact) mass is 406 g/mol. The minimum Gasteiger partial charge on any atom is -0.379 e. The van der Waals surface area contributed by atoms with Crippen LogP contribution in [0.5, 0.6) is 0 Å². The Balaban J connectivity index is 1.69. The number of hydrogen-bond acceptors (Lipinski definition) is 5. The van der Waals surface area contributed by atoms with E-state index in [4.69, 9.17) is 4.74 Å². The Labute approximate surface area is 163 Å². The van der Waals surface area contributed by atoms with Crippen molar-refractivity contribution in [1.82, 2.24) is 9.29 Å². The largest absolute Gasteiger partial charge is 0.379 e. The molecule has 0 unspecified atom stereocenters. The van der Waals surface area contributed by atoms with Gasteiger partial charge in [-0.25, -0.2) is 8.42 Å². The van der Waals surface area contributed by atoms with Crippen molar-refractivity contribution in [3.63, 3.8) is 0 Å². The molecule has 28 heavy (non-hydrogen) atoms. The third kappa shape index (κ3) is 4.24. The first kappa shape index (κ1) is 20.1. The summed E-state index contributed by atoms with van der Waals surface area (Å²) in [6.07, 6.45) is 1.31. The van der Waals surface area contributed by atoms with E-state index < -0.39 is 15.9 Å². The zero-order chi connectivity index (χ0) is 20.3. The number of anilines is 2. The Morgan fingerprint density at radius 3 is 2.43 bits per heavy atom. The van der Waals surface area contributed by atoms with Gasteiger partial charge in [-0.3, -0.25) is 9.59 Å².